The number of anilines is 2. The molecule has 1 saturated heterocycles. The SMILES string of the molecule is CN(C=O)C1CC(Oc2cc(-c3cnc(N)nc3)nc(N3CCOCC3)n2)C1. The summed E-state index contributed by atoms with van der Waals surface area (Å²) in [5.41, 5.74) is 7.00. The predicted molar refractivity (Wildman–Crippen MR) is 102 cm³/mol. The van der Waals surface area contributed by atoms with E-state index in [4.69, 9.17) is 15.2 Å². The fourth-order valence-electron chi connectivity index (χ4n) is 3.22. The summed E-state index contributed by atoms with van der Waals surface area (Å²) in [6.45, 7) is 2.71. The normalized spacial score (nSPS) is 21.7. The van der Waals surface area contributed by atoms with Gasteiger partial charge in [-0.1, -0.05) is 0 Å². The van der Waals surface area contributed by atoms with E-state index < -0.39 is 0 Å². The van der Waals surface area contributed by atoms with Crippen molar-refractivity contribution in [3.05, 3.63) is 18.5 Å². The molecular weight excluding hydrogens is 362 g/mol. The van der Waals surface area contributed by atoms with Gasteiger partial charge < -0.3 is 25.0 Å². The zero-order valence-corrected chi connectivity index (χ0v) is 15.7. The molecule has 3 heterocycles. The van der Waals surface area contributed by atoms with Gasteiger partial charge in [0.1, 0.15) is 6.10 Å². The van der Waals surface area contributed by atoms with Crippen LogP contribution in [0.4, 0.5) is 11.9 Å². The highest BCUT2D eigenvalue weighted by molar-refractivity contribution is 5.60. The van der Waals surface area contributed by atoms with Crippen LogP contribution in [-0.4, -0.2) is 76.7 Å². The van der Waals surface area contributed by atoms with Crippen LogP contribution in [-0.2, 0) is 9.53 Å². The second-order valence-electron chi connectivity index (χ2n) is 6.96. The second kappa shape index (κ2) is 7.93. The number of ether oxygens (including phenoxy) is 2. The summed E-state index contributed by atoms with van der Waals surface area (Å²) in [6, 6.07) is 2.00. The first-order valence-corrected chi connectivity index (χ1v) is 9.26. The number of carbonyl (C=O) groups is 1. The molecule has 0 radical (unpaired) electrons. The highest BCUT2D eigenvalue weighted by Gasteiger charge is 2.34. The summed E-state index contributed by atoms with van der Waals surface area (Å²) >= 11 is 0. The number of nitrogens with zero attached hydrogens (tertiary/aromatic N) is 6. The molecule has 28 heavy (non-hydrogen) atoms. The van der Waals surface area contributed by atoms with Gasteiger partial charge in [-0.05, 0) is 0 Å². The molecule has 4 rings (SSSR count). The van der Waals surface area contributed by atoms with Gasteiger partial charge in [0.05, 0.1) is 18.9 Å². The topological polar surface area (TPSA) is 120 Å². The van der Waals surface area contributed by atoms with Gasteiger partial charge in [-0.15, -0.1) is 0 Å². The van der Waals surface area contributed by atoms with Crippen molar-refractivity contribution in [1.82, 2.24) is 24.8 Å². The number of carbonyl (C=O) groups excluding carboxylic acids is 1. The number of amides is 1. The van der Waals surface area contributed by atoms with Crippen molar-refractivity contribution in [2.75, 3.05) is 44.0 Å². The van der Waals surface area contributed by atoms with Crippen molar-refractivity contribution in [2.24, 2.45) is 0 Å². The minimum atomic E-state index is 0.0235. The summed E-state index contributed by atoms with van der Waals surface area (Å²) in [5.74, 6) is 1.30. The third-order valence-corrected chi connectivity index (χ3v) is 5.05. The molecule has 1 aliphatic carbocycles. The van der Waals surface area contributed by atoms with Crippen LogP contribution in [0.15, 0.2) is 18.5 Å². The first kappa shape index (κ1) is 18.4. The highest BCUT2D eigenvalue weighted by Crippen LogP contribution is 2.30. The summed E-state index contributed by atoms with van der Waals surface area (Å²) < 4.78 is 11.5. The zero-order chi connectivity index (χ0) is 19.5. The Balaban J connectivity index is 1.57. The molecule has 2 aromatic heterocycles. The number of morpholine rings is 1. The van der Waals surface area contributed by atoms with Crippen LogP contribution in [0.2, 0.25) is 0 Å². The molecular formula is C18H23N7O3. The Labute approximate surface area is 162 Å². The van der Waals surface area contributed by atoms with Gasteiger partial charge in [-0.2, -0.15) is 4.98 Å². The molecule has 0 spiro atoms. The van der Waals surface area contributed by atoms with Crippen LogP contribution in [0.1, 0.15) is 12.8 Å². The van der Waals surface area contributed by atoms with Gasteiger partial charge in [0, 0.05) is 63.0 Å². The molecule has 0 bridgehead atoms. The Morgan fingerprint density at radius 2 is 1.96 bits per heavy atom. The molecule has 1 amide bonds. The van der Waals surface area contributed by atoms with Crippen molar-refractivity contribution in [3.8, 4) is 17.1 Å². The average molecular weight is 385 g/mol. The maximum atomic E-state index is 10.9. The lowest BCUT2D eigenvalue weighted by Gasteiger charge is -2.39. The summed E-state index contributed by atoms with van der Waals surface area (Å²) in [4.78, 5) is 32.0. The third kappa shape index (κ3) is 3.96. The van der Waals surface area contributed by atoms with Gasteiger partial charge in [-0.3, -0.25) is 4.79 Å². The van der Waals surface area contributed by atoms with E-state index in [9.17, 15) is 4.79 Å². The zero-order valence-electron chi connectivity index (χ0n) is 15.7. The smallest absolute Gasteiger partial charge is 0.229 e. The maximum Gasteiger partial charge on any atom is 0.229 e. The lowest BCUT2D eigenvalue weighted by molar-refractivity contribution is -0.122. The highest BCUT2D eigenvalue weighted by atomic mass is 16.5. The molecule has 1 aliphatic heterocycles. The Bertz CT molecular complexity index is 820. The van der Waals surface area contributed by atoms with Crippen LogP contribution in [0.3, 0.4) is 0 Å². The average Bonchev–Trinajstić information content (AvgIpc) is 2.71. The minimum Gasteiger partial charge on any atom is -0.474 e. The molecule has 2 aromatic rings. The number of nitrogen functional groups attached to an aromatic ring is 1. The predicted octanol–water partition coefficient (Wildman–Crippen LogP) is 0.350. The van der Waals surface area contributed by atoms with Crippen molar-refractivity contribution in [3.63, 3.8) is 0 Å². The fraction of sp³-hybridized carbons (Fsp3) is 0.500. The molecule has 148 valence electrons. The van der Waals surface area contributed by atoms with E-state index in [0.717, 1.165) is 37.9 Å². The maximum absolute atomic E-state index is 10.9. The first-order valence-electron chi connectivity index (χ1n) is 9.26. The minimum absolute atomic E-state index is 0.0235. The molecule has 2 aliphatic rings. The van der Waals surface area contributed by atoms with Crippen LogP contribution in [0.25, 0.3) is 11.3 Å². The molecule has 1 saturated carbocycles. The monoisotopic (exact) mass is 385 g/mol. The van der Waals surface area contributed by atoms with E-state index in [1.165, 1.54) is 0 Å². The van der Waals surface area contributed by atoms with Crippen LogP contribution in [0, 0.1) is 0 Å². The molecule has 2 N–H and O–H groups in total. The summed E-state index contributed by atoms with van der Waals surface area (Å²) in [5, 5.41) is 0. The van der Waals surface area contributed by atoms with E-state index in [1.807, 2.05) is 0 Å². The summed E-state index contributed by atoms with van der Waals surface area (Å²) in [7, 11) is 1.79. The van der Waals surface area contributed by atoms with Crippen LogP contribution >= 0.6 is 0 Å². The molecule has 0 atom stereocenters. The molecule has 0 aromatic carbocycles. The Morgan fingerprint density at radius 3 is 2.64 bits per heavy atom. The fourth-order valence-corrected chi connectivity index (χ4v) is 3.22. The van der Waals surface area contributed by atoms with E-state index in [2.05, 4.69) is 24.8 Å². The van der Waals surface area contributed by atoms with Crippen LogP contribution in [0.5, 0.6) is 5.88 Å². The Hall–Kier alpha value is -3.01. The Kier molecular flexibility index (Phi) is 5.20. The van der Waals surface area contributed by atoms with Gasteiger partial charge >= 0.3 is 0 Å². The van der Waals surface area contributed by atoms with Gasteiger partial charge in [0.2, 0.25) is 24.2 Å². The van der Waals surface area contributed by atoms with Crippen LogP contribution < -0.4 is 15.4 Å². The Morgan fingerprint density at radius 1 is 1.25 bits per heavy atom. The standard InChI is InChI=1S/C18H23N7O3/c1-24(11-26)13-6-14(7-13)28-16-8-15(12-9-20-17(19)21-10-12)22-18(23-16)25-2-4-27-5-3-25/h8-11,13-14H,2-7H2,1H3,(H2,19,20,21). The number of nitrogens with two attached hydrogens (primary N) is 1. The third-order valence-electron chi connectivity index (χ3n) is 5.05. The van der Waals surface area contributed by atoms with E-state index in [-0.39, 0.29) is 18.1 Å². The van der Waals surface area contributed by atoms with E-state index in [1.54, 1.807) is 30.4 Å². The lowest BCUT2D eigenvalue weighted by atomic mass is 9.88. The largest absolute Gasteiger partial charge is 0.474 e. The van der Waals surface area contributed by atoms with Gasteiger partial charge in [0.25, 0.3) is 0 Å². The summed E-state index contributed by atoms with van der Waals surface area (Å²) in [6.07, 6.45) is 5.71. The lowest BCUT2D eigenvalue weighted by Crippen LogP contribution is -2.47. The quantitative estimate of drug-likeness (QED) is 0.702. The van der Waals surface area contributed by atoms with Crippen molar-refractivity contribution < 1.29 is 14.3 Å². The van der Waals surface area contributed by atoms with E-state index >= 15 is 0 Å². The van der Waals surface area contributed by atoms with Gasteiger partial charge in [0.15, 0.2) is 0 Å². The molecule has 10 heteroatoms. The first-order chi connectivity index (χ1) is 13.6. The molecule has 10 nitrogen and oxygen atoms in total. The van der Waals surface area contributed by atoms with Crippen molar-refractivity contribution in [1.29, 1.82) is 0 Å². The second-order valence-corrected chi connectivity index (χ2v) is 6.96. The van der Waals surface area contributed by atoms with Gasteiger partial charge in [-0.25, -0.2) is 15.0 Å². The number of hydrogen-bond donors (Lipinski definition) is 1. The molecule has 0 unspecified atom stereocenters. The van der Waals surface area contributed by atoms with Crippen molar-refractivity contribution >= 4 is 18.3 Å². The number of rotatable bonds is 6. The number of aromatic nitrogens is 4. The molecule has 2 fully saturated rings. The van der Waals surface area contributed by atoms with Crippen molar-refractivity contribution in [2.45, 2.75) is 25.0 Å². The van der Waals surface area contributed by atoms with E-state index in [0.29, 0.717) is 30.7 Å². The number of hydrogen-bond acceptors (Lipinski definition) is 9.